The van der Waals surface area contributed by atoms with Crippen molar-refractivity contribution in [2.75, 3.05) is 5.32 Å². The Balaban J connectivity index is 1.56. The number of rotatable bonds is 6. The van der Waals surface area contributed by atoms with Crippen molar-refractivity contribution < 1.29 is 17.6 Å². The molecule has 0 aliphatic carbocycles. The van der Waals surface area contributed by atoms with Gasteiger partial charge in [-0.25, -0.2) is 12.8 Å². The molecule has 0 bridgehead atoms. The predicted octanol–water partition coefficient (Wildman–Crippen LogP) is 4.26. The number of aryl methyl sites for hydroxylation is 1. The number of carbonyl (C=O) groups is 1. The van der Waals surface area contributed by atoms with Crippen LogP contribution in [0.1, 0.15) is 13.8 Å². The van der Waals surface area contributed by atoms with Crippen LogP contribution in [0.4, 0.5) is 10.1 Å². The smallest absolute Gasteiger partial charge is 0.242 e. The number of fused-ring (bicyclic) bond motifs is 3. The van der Waals surface area contributed by atoms with Crippen molar-refractivity contribution in [1.82, 2.24) is 9.29 Å². The molecule has 0 radical (unpaired) electrons. The molecule has 0 unspecified atom stereocenters. The summed E-state index contributed by atoms with van der Waals surface area (Å²) in [4.78, 5) is 12.5. The van der Waals surface area contributed by atoms with E-state index in [-0.39, 0.29) is 4.90 Å². The number of hydrogen-bond donors (Lipinski definition) is 2. The number of benzene rings is 3. The summed E-state index contributed by atoms with van der Waals surface area (Å²) in [5.74, 6) is -1.03. The third-order valence-electron chi connectivity index (χ3n) is 5.21. The Morgan fingerprint density at radius 2 is 1.68 bits per heavy atom. The van der Waals surface area contributed by atoms with Crippen LogP contribution in [0.3, 0.4) is 0 Å². The van der Waals surface area contributed by atoms with E-state index in [2.05, 4.69) is 27.6 Å². The van der Waals surface area contributed by atoms with Crippen LogP contribution in [0.25, 0.3) is 21.8 Å². The molecule has 0 fully saturated rings. The van der Waals surface area contributed by atoms with Crippen LogP contribution in [-0.2, 0) is 21.4 Å². The SMILES string of the molecule is CCn1c2ccccc2c2cc(NC(=O)[C@H](C)NS(=O)(=O)c3ccc(F)cc3)ccc21. The lowest BCUT2D eigenvalue weighted by molar-refractivity contribution is -0.117. The molecule has 31 heavy (non-hydrogen) atoms. The van der Waals surface area contributed by atoms with Gasteiger partial charge in [0, 0.05) is 34.0 Å². The number of amides is 1. The zero-order valence-corrected chi connectivity index (χ0v) is 17.9. The molecule has 0 aliphatic rings. The fourth-order valence-electron chi connectivity index (χ4n) is 3.69. The number of sulfonamides is 1. The highest BCUT2D eigenvalue weighted by molar-refractivity contribution is 7.89. The normalized spacial score (nSPS) is 12.9. The highest BCUT2D eigenvalue weighted by Crippen LogP contribution is 2.31. The van der Waals surface area contributed by atoms with E-state index < -0.39 is 27.8 Å². The van der Waals surface area contributed by atoms with Crippen molar-refractivity contribution in [2.45, 2.75) is 31.3 Å². The number of hydrogen-bond acceptors (Lipinski definition) is 3. The maximum absolute atomic E-state index is 13.1. The monoisotopic (exact) mass is 439 g/mol. The molecule has 160 valence electrons. The van der Waals surface area contributed by atoms with Gasteiger partial charge in [-0.2, -0.15) is 4.72 Å². The number of anilines is 1. The number of para-hydroxylation sites is 1. The third-order valence-corrected chi connectivity index (χ3v) is 6.76. The lowest BCUT2D eigenvalue weighted by Gasteiger charge is -2.15. The molecule has 0 saturated heterocycles. The number of halogens is 1. The summed E-state index contributed by atoms with van der Waals surface area (Å²) in [6.07, 6.45) is 0. The van der Waals surface area contributed by atoms with Gasteiger partial charge >= 0.3 is 0 Å². The van der Waals surface area contributed by atoms with E-state index in [1.807, 2.05) is 30.3 Å². The van der Waals surface area contributed by atoms with Crippen LogP contribution in [-0.4, -0.2) is 24.9 Å². The van der Waals surface area contributed by atoms with Crippen LogP contribution < -0.4 is 10.0 Å². The third kappa shape index (κ3) is 4.04. The van der Waals surface area contributed by atoms with Gasteiger partial charge in [0.25, 0.3) is 0 Å². The van der Waals surface area contributed by atoms with Crippen molar-refractivity contribution in [2.24, 2.45) is 0 Å². The Labute approximate surface area is 179 Å². The molecule has 1 atom stereocenters. The molecule has 0 saturated carbocycles. The van der Waals surface area contributed by atoms with Gasteiger partial charge in [0.05, 0.1) is 10.9 Å². The van der Waals surface area contributed by atoms with Gasteiger partial charge in [-0.1, -0.05) is 18.2 Å². The minimum absolute atomic E-state index is 0.109. The largest absolute Gasteiger partial charge is 0.341 e. The zero-order valence-electron chi connectivity index (χ0n) is 17.1. The van der Waals surface area contributed by atoms with Gasteiger partial charge in [-0.05, 0) is 62.4 Å². The molecular formula is C23H22FN3O3S. The van der Waals surface area contributed by atoms with Crippen LogP contribution in [0.5, 0.6) is 0 Å². The van der Waals surface area contributed by atoms with Crippen molar-refractivity contribution in [1.29, 1.82) is 0 Å². The molecule has 1 amide bonds. The zero-order chi connectivity index (χ0) is 22.2. The molecule has 0 aliphatic heterocycles. The Kier molecular flexibility index (Phi) is 5.51. The lowest BCUT2D eigenvalue weighted by Crippen LogP contribution is -2.41. The summed E-state index contributed by atoms with van der Waals surface area (Å²) in [6.45, 7) is 4.35. The first-order chi connectivity index (χ1) is 14.8. The van der Waals surface area contributed by atoms with E-state index in [9.17, 15) is 17.6 Å². The van der Waals surface area contributed by atoms with Gasteiger partial charge in [-0.15, -0.1) is 0 Å². The summed E-state index contributed by atoms with van der Waals surface area (Å²) in [7, 11) is -3.96. The molecule has 1 heterocycles. The van der Waals surface area contributed by atoms with Crippen molar-refractivity contribution >= 4 is 43.4 Å². The number of aromatic nitrogens is 1. The standard InChI is InChI=1S/C23H22FN3O3S/c1-3-27-21-7-5-4-6-19(21)20-14-17(10-13-22(20)27)25-23(28)15(2)26-31(29,30)18-11-8-16(24)9-12-18/h4-15,26H,3H2,1-2H3,(H,25,28)/t15-/m0/s1. The highest BCUT2D eigenvalue weighted by atomic mass is 32.2. The van der Waals surface area contributed by atoms with E-state index in [1.54, 1.807) is 6.07 Å². The second-order valence-electron chi connectivity index (χ2n) is 7.28. The Hall–Kier alpha value is -3.23. The van der Waals surface area contributed by atoms with E-state index in [1.165, 1.54) is 6.92 Å². The molecule has 6 nitrogen and oxygen atoms in total. The summed E-state index contributed by atoms with van der Waals surface area (Å²) in [5.41, 5.74) is 2.75. The van der Waals surface area contributed by atoms with Crippen LogP contribution in [0.15, 0.2) is 71.6 Å². The average molecular weight is 440 g/mol. The summed E-state index contributed by atoms with van der Waals surface area (Å²) < 4.78 is 42.5. The van der Waals surface area contributed by atoms with E-state index in [0.29, 0.717) is 5.69 Å². The van der Waals surface area contributed by atoms with E-state index in [4.69, 9.17) is 0 Å². The summed E-state index contributed by atoms with van der Waals surface area (Å²) >= 11 is 0. The molecule has 4 aromatic rings. The Bertz CT molecular complexity index is 1380. The Morgan fingerprint density at radius 3 is 2.39 bits per heavy atom. The van der Waals surface area contributed by atoms with Crippen molar-refractivity contribution in [3.63, 3.8) is 0 Å². The van der Waals surface area contributed by atoms with Gasteiger partial charge in [0.2, 0.25) is 15.9 Å². The highest BCUT2D eigenvalue weighted by Gasteiger charge is 2.22. The molecule has 4 rings (SSSR count). The molecular weight excluding hydrogens is 417 g/mol. The predicted molar refractivity (Wildman–Crippen MR) is 120 cm³/mol. The minimum Gasteiger partial charge on any atom is -0.341 e. The molecule has 8 heteroatoms. The van der Waals surface area contributed by atoms with Crippen molar-refractivity contribution in [3.8, 4) is 0 Å². The minimum atomic E-state index is -3.96. The first kappa shape index (κ1) is 21.0. The van der Waals surface area contributed by atoms with Gasteiger partial charge < -0.3 is 9.88 Å². The number of carbonyl (C=O) groups excluding carboxylic acids is 1. The molecule has 1 aromatic heterocycles. The van der Waals surface area contributed by atoms with Gasteiger partial charge in [-0.3, -0.25) is 4.79 Å². The van der Waals surface area contributed by atoms with Crippen LogP contribution in [0, 0.1) is 5.82 Å². The maximum atomic E-state index is 13.1. The lowest BCUT2D eigenvalue weighted by atomic mass is 10.1. The van der Waals surface area contributed by atoms with Gasteiger partial charge in [0.15, 0.2) is 0 Å². The first-order valence-electron chi connectivity index (χ1n) is 9.90. The quantitative estimate of drug-likeness (QED) is 0.471. The second kappa shape index (κ2) is 8.13. The fraction of sp³-hybridized carbons (Fsp3) is 0.174. The summed E-state index contributed by atoms with van der Waals surface area (Å²) in [6, 6.07) is 17.1. The summed E-state index contributed by atoms with van der Waals surface area (Å²) in [5, 5.41) is 4.87. The van der Waals surface area contributed by atoms with E-state index >= 15 is 0 Å². The fourth-order valence-corrected chi connectivity index (χ4v) is 4.89. The maximum Gasteiger partial charge on any atom is 0.242 e. The first-order valence-corrected chi connectivity index (χ1v) is 11.4. The molecule has 2 N–H and O–H groups in total. The van der Waals surface area contributed by atoms with Crippen LogP contribution >= 0.6 is 0 Å². The second-order valence-corrected chi connectivity index (χ2v) is 8.99. The topological polar surface area (TPSA) is 80.2 Å². The molecule has 3 aromatic carbocycles. The van der Waals surface area contributed by atoms with Crippen LogP contribution in [0.2, 0.25) is 0 Å². The number of nitrogens with one attached hydrogen (secondary N) is 2. The Morgan fingerprint density at radius 1 is 1.00 bits per heavy atom. The number of nitrogens with zero attached hydrogens (tertiary/aromatic N) is 1. The van der Waals surface area contributed by atoms with Gasteiger partial charge in [0.1, 0.15) is 5.82 Å². The van der Waals surface area contributed by atoms with E-state index in [0.717, 1.165) is 52.6 Å². The van der Waals surface area contributed by atoms with Crippen molar-refractivity contribution in [3.05, 3.63) is 72.5 Å². The molecule has 0 spiro atoms. The average Bonchev–Trinajstić information content (AvgIpc) is 3.06.